The maximum atomic E-state index is 6.37. The van der Waals surface area contributed by atoms with Gasteiger partial charge in [0.25, 0.3) is 0 Å². The van der Waals surface area contributed by atoms with Gasteiger partial charge in [-0.05, 0) is 37.3 Å². The maximum Gasteiger partial charge on any atom is 0.337 e. The van der Waals surface area contributed by atoms with Crippen molar-refractivity contribution >= 4 is 8.56 Å². The quantitative estimate of drug-likeness (QED) is 0.109. The van der Waals surface area contributed by atoms with Gasteiger partial charge in [-0.25, -0.2) is 0 Å². The first-order valence-corrected chi connectivity index (χ1v) is 16.1. The Bertz CT molecular complexity index is 329. The first kappa shape index (κ1) is 30.1. The molecule has 0 heterocycles. The molecule has 0 aromatic heterocycles. The molecule has 0 radical (unpaired) electrons. The lowest BCUT2D eigenvalue weighted by Gasteiger charge is -2.29. The van der Waals surface area contributed by atoms with Crippen molar-refractivity contribution in [2.24, 2.45) is 5.92 Å². The second-order valence-corrected chi connectivity index (χ2v) is 13.6. The van der Waals surface area contributed by atoms with Gasteiger partial charge in [0.2, 0.25) is 0 Å². The van der Waals surface area contributed by atoms with Crippen LogP contribution < -0.4 is 0 Å². The Labute approximate surface area is 192 Å². The fourth-order valence-corrected chi connectivity index (χ4v) is 6.61. The second kappa shape index (κ2) is 22.3. The van der Waals surface area contributed by atoms with Crippen molar-refractivity contribution in [3.05, 3.63) is 0 Å². The molecular weight excluding hydrogens is 384 g/mol. The van der Waals surface area contributed by atoms with E-state index in [1.54, 1.807) is 0 Å². The minimum atomic E-state index is -1.92. The molecule has 30 heavy (non-hydrogen) atoms. The van der Waals surface area contributed by atoms with Crippen LogP contribution in [-0.2, 0) is 8.85 Å². The fraction of sp³-hybridized carbons (Fsp3) is 1.00. The predicted octanol–water partition coefficient (Wildman–Crippen LogP) is 9.81. The van der Waals surface area contributed by atoms with Crippen LogP contribution in [0.25, 0.3) is 0 Å². The van der Waals surface area contributed by atoms with Crippen LogP contribution in [0.3, 0.4) is 0 Å². The Kier molecular flexibility index (Phi) is 22.4. The van der Waals surface area contributed by atoms with Gasteiger partial charge in [0.15, 0.2) is 0 Å². The maximum absolute atomic E-state index is 6.37. The largest absolute Gasteiger partial charge is 0.394 e. The number of hydrogen-bond donors (Lipinski definition) is 0. The van der Waals surface area contributed by atoms with E-state index in [0.717, 1.165) is 31.2 Å². The standard InChI is InChI=1S/C27H58O2Si/c1-6-9-10-11-12-13-14-15-16-17-18-19-20-21-22-25-28-30(7-2,8-3)29-26-23-24-27(4)5/h27H,6-26H2,1-5H3. The first-order chi connectivity index (χ1) is 14.6. The van der Waals surface area contributed by atoms with Crippen LogP contribution >= 0.6 is 0 Å². The van der Waals surface area contributed by atoms with E-state index in [4.69, 9.17) is 8.85 Å². The SMILES string of the molecule is CCCCCCCCCCCCCCCCCO[Si](CC)(CC)OCCCC(C)C. The van der Waals surface area contributed by atoms with E-state index >= 15 is 0 Å². The van der Waals surface area contributed by atoms with E-state index in [0.29, 0.717) is 0 Å². The summed E-state index contributed by atoms with van der Waals surface area (Å²) < 4.78 is 12.7. The molecular formula is C27H58O2Si. The normalized spacial score (nSPS) is 12.2. The first-order valence-electron chi connectivity index (χ1n) is 13.9. The Balaban J connectivity index is 3.49. The Morgan fingerprint density at radius 1 is 0.500 bits per heavy atom. The zero-order valence-corrected chi connectivity index (χ0v) is 22.7. The van der Waals surface area contributed by atoms with Crippen LogP contribution in [0.4, 0.5) is 0 Å². The third-order valence-electron chi connectivity index (χ3n) is 6.48. The van der Waals surface area contributed by atoms with Crippen molar-refractivity contribution in [1.29, 1.82) is 0 Å². The number of hydrogen-bond acceptors (Lipinski definition) is 2. The van der Waals surface area contributed by atoms with Gasteiger partial charge in [-0.3, -0.25) is 0 Å². The molecule has 0 unspecified atom stereocenters. The van der Waals surface area contributed by atoms with E-state index < -0.39 is 8.56 Å². The van der Waals surface area contributed by atoms with Gasteiger partial charge in [0.1, 0.15) is 0 Å². The summed E-state index contributed by atoms with van der Waals surface area (Å²) in [5.41, 5.74) is 0. The minimum absolute atomic E-state index is 0.772. The van der Waals surface area contributed by atoms with Crippen molar-refractivity contribution in [3.63, 3.8) is 0 Å². The van der Waals surface area contributed by atoms with E-state index in [-0.39, 0.29) is 0 Å². The molecule has 0 N–H and O–H groups in total. The van der Waals surface area contributed by atoms with Gasteiger partial charge in [0, 0.05) is 13.2 Å². The summed E-state index contributed by atoms with van der Waals surface area (Å²) >= 11 is 0. The summed E-state index contributed by atoms with van der Waals surface area (Å²) in [7, 11) is -1.92. The highest BCUT2D eigenvalue weighted by molar-refractivity contribution is 6.67. The Morgan fingerprint density at radius 3 is 1.23 bits per heavy atom. The van der Waals surface area contributed by atoms with Crippen molar-refractivity contribution in [3.8, 4) is 0 Å². The molecule has 0 aromatic carbocycles. The molecule has 0 aromatic rings. The third kappa shape index (κ3) is 18.9. The van der Waals surface area contributed by atoms with Gasteiger partial charge in [-0.15, -0.1) is 0 Å². The van der Waals surface area contributed by atoms with E-state index in [1.807, 2.05) is 0 Å². The van der Waals surface area contributed by atoms with Gasteiger partial charge < -0.3 is 8.85 Å². The minimum Gasteiger partial charge on any atom is -0.394 e. The van der Waals surface area contributed by atoms with Crippen molar-refractivity contribution in [2.45, 2.75) is 156 Å². The molecule has 0 aliphatic carbocycles. The van der Waals surface area contributed by atoms with Gasteiger partial charge in [-0.1, -0.05) is 125 Å². The molecule has 0 amide bonds. The van der Waals surface area contributed by atoms with Crippen molar-refractivity contribution in [2.75, 3.05) is 13.2 Å². The summed E-state index contributed by atoms with van der Waals surface area (Å²) in [6.45, 7) is 13.2. The Morgan fingerprint density at radius 2 is 0.867 bits per heavy atom. The molecule has 0 spiro atoms. The monoisotopic (exact) mass is 442 g/mol. The molecule has 0 atom stereocenters. The molecule has 2 nitrogen and oxygen atoms in total. The summed E-state index contributed by atoms with van der Waals surface area (Å²) in [6.07, 6.45) is 23.6. The van der Waals surface area contributed by atoms with Crippen molar-refractivity contribution in [1.82, 2.24) is 0 Å². The zero-order chi connectivity index (χ0) is 22.3. The highest BCUT2D eigenvalue weighted by Gasteiger charge is 2.33. The number of unbranched alkanes of at least 4 members (excludes halogenated alkanes) is 14. The highest BCUT2D eigenvalue weighted by atomic mass is 28.4. The lowest BCUT2D eigenvalue weighted by molar-refractivity contribution is 0.161. The molecule has 0 saturated carbocycles. The lowest BCUT2D eigenvalue weighted by atomic mass is 10.0. The highest BCUT2D eigenvalue weighted by Crippen LogP contribution is 2.21. The third-order valence-corrected chi connectivity index (χ3v) is 10.1. The molecule has 182 valence electrons. The average Bonchev–Trinajstić information content (AvgIpc) is 2.75. The van der Waals surface area contributed by atoms with E-state index in [1.165, 1.54) is 109 Å². The van der Waals surface area contributed by atoms with Crippen LogP contribution in [0, 0.1) is 5.92 Å². The average molecular weight is 443 g/mol. The summed E-state index contributed by atoms with van der Waals surface area (Å²) in [5.74, 6) is 0.772. The van der Waals surface area contributed by atoms with E-state index in [9.17, 15) is 0 Å². The molecule has 3 heteroatoms. The summed E-state index contributed by atoms with van der Waals surface area (Å²) in [5, 5.41) is 0. The topological polar surface area (TPSA) is 18.5 Å². The lowest BCUT2D eigenvalue weighted by Crippen LogP contribution is -2.41. The van der Waals surface area contributed by atoms with Crippen LogP contribution in [0.15, 0.2) is 0 Å². The smallest absolute Gasteiger partial charge is 0.337 e. The zero-order valence-electron chi connectivity index (χ0n) is 21.7. The van der Waals surface area contributed by atoms with Crippen LogP contribution in [0.5, 0.6) is 0 Å². The van der Waals surface area contributed by atoms with Gasteiger partial charge in [0.05, 0.1) is 0 Å². The molecule has 0 bridgehead atoms. The molecule has 0 rings (SSSR count). The molecule has 0 aliphatic rings. The summed E-state index contributed by atoms with van der Waals surface area (Å²) in [6, 6.07) is 2.17. The van der Waals surface area contributed by atoms with E-state index in [2.05, 4.69) is 34.6 Å². The predicted molar refractivity (Wildman–Crippen MR) is 138 cm³/mol. The molecule has 0 aliphatic heterocycles. The van der Waals surface area contributed by atoms with Crippen LogP contribution in [0.2, 0.25) is 12.1 Å². The summed E-state index contributed by atoms with van der Waals surface area (Å²) in [4.78, 5) is 0. The Hall–Kier alpha value is 0.137. The van der Waals surface area contributed by atoms with Crippen molar-refractivity contribution < 1.29 is 8.85 Å². The van der Waals surface area contributed by atoms with Gasteiger partial charge in [-0.2, -0.15) is 0 Å². The number of rotatable bonds is 24. The van der Waals surface area contributed by atoms with Crippen LogP contribution in [0.1, 0.15) is 144 Å². The second-order valence-electron chi connectivity index (χ2n) is 9.80. The fourth-order valence-electron chi connectivity index (χ4n) is 4.18. The molecule has 0 fully saturated rings. The van der Waals surface area contributed by atoms with Crippen LogP contribution in [-0.4, -0.2) is 21.8 Å². The van der Waals surface area contributed by atoms with Gasteiger partial charge >= 0.3 is 8.56 Å². The molecule has 0 saturated heterocycles.